The Labute approximate surface area is 176 Å². The summed E-state index contributed by atoms with van der Waals surface area (Å²) in [6.07, 6.45) is 4.94. The lowest BCUT2D eigenvalue weighted by molar-refractivity contribution is 0.164. The molecule has 0 aliphatic carbocycles. The summed E-state index contributed by atoms with van der Waals surface area (Å²) in [4.78, 5) is 13.9. The molecule has 6 nitrogen and oxygen atoms in total. The van der Waals surface area contributed by atoms with Gasteiger partial charge in [-0.15, -0.1) is 0 Å². The maximum atomic E-state index is 13.2. The Kier molecular flexibility index (Phi) is 8.09. The molecule has 1 saturated heterocycles. The molecule has 1 aliphatic rings. The number of rotatable bonds is 9. The normalized spacial score (nSPS) is 15.6. The smallest absolute Gasteiger partial charge is 0.189 e. The molecule has 3 rings (SSSR count). The largest absolute Gasteiger partial charge is 0.383 e. The molecule has 1 N–H and O–H groups in total. The van der Waals surface area contributed by atoms with Gasteiger partial charge in [0.25, 0.3) is 0 Å². The minimum atomic E-state index is -0.200. The molecule has 1 aromatic carbocycles. The first-order valence-electron chi connectivity index (χ1n) is 10.0. The Balaban J connectivity index is 1.69. The highest BCUT2D eigenvalue weighted by Crippen LogP contribution is 2.24. The van der Waals surface area contributed by atoms with Crippen molar-refractivity contribution in [3.63, 3.8) is 0 Å². The van der Waals surface area contributed by atoms with E-state index in [4.69, 9.17) is 9.72 Å². The van der Waals surface area contributed by atoms with E-state index < -0.39 is 0 Å². The van der Waals surface area contributed by atoms with Crippen molar-refractivity contribution in [3.05, 3.63) is 41.8 Å². The molecule has 2 aromatic rings. The highest BCUT2D eigenvalue weighted by atomic mass is 32.2. The van der Waals surface area contributed by atoms with Gasteiger partial charge in [-0.2, -0.15) is 0 Å². The lowest BCUT2D eigenvalue weighted by atomic mass is 10.2. The molecule has 0 bridgehead atoms. The first-order valence-corrected chi connectivity index (χ1v) is 11.2. The van der Waals surface area contributed by atoms with E-state index >= 15 is 0 Å². The molecule has 0 spiro atoms. The summed E-state index contributed by atoms with van der Waals surface area (Å²) in [5.74, 6) is 0.803. The summed E-state index contributed by atoms with van der Waals surface area (Å²) in [6.45, 7) is 7.03. The summed E-state index contributed by atoms with van der Waals surface area (Å²) in [6, 6.07) is 7.04. The number of ether oxygens (including phenoxy) is 1. The van der Waals surface area contributed by atoms with Crippen LogP contribution in [0.25, 0.3) is 0 Å². The van der Waals surface area contributed by atoms with Gasteiger partial charge in [-0.1, -0.05) is 18.7 Å². The number of hydrogen-bond donors (Lipinski definition) is 1. The minimum Gasteiger partial charge on any atom is -0.383 e. The van der Waals surface area contributed by atoms with Crippen LogP contribution in [0.5, 0.6) is 0 Å². The van der Waals surface area contributed by atoms with Crippen molar-refractivity contribution >= 4 is 23.3 Å². The molecule has 1 aromatic heterocycles. The van der Waals surface area contributed by atoms with Crippen LogP contribution in [-0.2, 0) is 11.3 Å². The van der Waals surface area contributed by atoms with Crippen LogP contribution in [-0.4, -0.2) is 62.2 Å². The molecule has 1 unspecified atom stereocenters. The summed E-state index contributed by atoms with van der Waals surface area (Å²) < 4.78 is 18.5. The van der Waals surface area contributed by atoms with Gasteiger partial charge in [0, 0.05) is 63.3 Å². The molecular weight excluding hydrogens is 389 g/mol. The van der Waals surface area contributed by atoms with Crippen molar-refractivity contribution in [2.24, 2.45) is 0 Å². The molecule has 1 aliphatic heterocycles. The highest BCUT2D eigenvalue weighted by Gasteiger charge is 2.22. The quantitative estimate of drug-likeness (QED) is 0.495. The summed E-state index contributed by atoms with van der Waals surface area (Å²) >= 11 is 1.56. The first kappa shape index (κ1) is 21.8. The van der Waals surface area contributed by atoms with Gasteiger partial charge in [-0.3, -0.25) is 0 Å². The van der Waals surface area contributed by atoms with Crippen molar-refractivity contribution in [2.45, 2.75) is 31.1 Å². The van der Waals surface area contributed by atoms with Gasteiger partial charge in [0.1, 0.15) is 11.6 Å². The van der Waals surface area contributed by atoms with Crippen molar-refractivity contribution < 1.29 is 9.13 Å². The zero-order valence-corrected chi connectivity index (χ0v) is 18.2. The average Bonchev–Trinajstić information content (AvgIpc) is 2.77. The Morgan fingerprint density at radius 1 is 1.17 bits per heavy atom. The molecular formula is C21H30FN5OS. The maximum Gasteiger partial charge on any atom is 0.189 e. The number of nitrogens with zero attached hydrogens (tertiary/aromatic N) is 4. The van der Waals surface area contributed by atoms with Gasteiger partial charge in [0.05, 0.1) is 6.61 Å². The molecule has 0 saturated carbocycles. The molecule has 0 amide bonds. The number of benzene rings is 1. The van der Waals surface area contributed by atoms with Crippen LogP contribution in [0.2, 0.25) is 0 Å². The molecule has 158 valence electrons. The molecule has 8 heteroatoms. The van der Waals surface area contributed by atoms with Crippen LogP contribution in [0.15, 0.2) is 35.6 Å². The van der Waals surface area contributed by atoms with E-state index in [9.17, 15) is 4.39 Å². The lowest BCUT2D eigenvalue weighted by Gasteiger charge is -2.37. The third-order valence-corrected chi connectivity index (χ3v) is 5.78. The maximum absolute atomic E-state index is 13.2. The van der Waals surface area contributed by atoms with Crippen LogP contribution < -0.4 is 15.1 Å². The van der Waals surface area contributed by atoms with E-state index in [0.29, 0.717) is 19.2 Å². The van der Waals surface area contributed by atoms with E-state index in [1.165, 1.54) is 12.1 Å². The Bertz CT molecular complexity index is 768. The predicted octanol–water partition coefficient (Wildman–Crippen LogP) is 3.18. The Hall–Kier alpha value is -1.90. The summed E-state index contributed by atoms with van der Waals surface area (Å²) in [5, 5.41) is 4.34. The van der Waals surface area contributed by atoms with E-state index in [-0.39, 0.29) is 5.82 Å². The third-order valence-electron chi connectivity index (χ3n) is 5.21. The number of aromatic nitrogens is 2. The number of nitrogens with one attached hydrogen (secondary N) is 1. The van der Waals surface area contributed by atoms with E-state index in [1.54, 1.807) is 18.9 Å². The second-order valence-corrected chi connectivity index (χ2v) is 7.87. The van der Waals surface area contributed by atoms with E-state index in [0.717, 1.165) is 54.8 Å². The second-order valence-electron chi connectivity index (χ2n) is 7.10. The summed E-state index contributed by atoms with van der Waals surface area (Å²) in [7, 11) is 1.73. The fourth-order valence-corrected chi connectivity index (χ4v) is 3.82. The van der Waals surface area contributed by atoms with Crippen LogP contribution >= 0.6 is 11.8 Å². The fraction of sp³-hybridized carbons (Fsp3) is 0.524. The topological polar surface area (TPSA) is 53.5 Å². The Morgan fingerprint density at radius 3 is 2.48 bits per heavy atom. The average molecular weight is 420 g/mol. The minimum absolute atomic E-state index is 0.200. The van der Waals surface area contributed by atoms with E-state index in [2.05, 4.69) is 27.0 Å². The second kappa shape index (κ2) is 10.8. The number of methoxy groups -OCH3 is 1. The van der Waals surface area contributed by atoms with Crippen molar-refractivity contribution in [1.29, 1.82) is 0 Å². The number of anilines is 2. The highest BCUT2D eigenvalue weighted by molar-refractivity contribution is 7.98. The SMILES string of the molecule is CCC(COC)NCc1cnc(SC)nc1N1CCN(c2ccc(F)cc2)CC1. The lowest BCUT2D eigenvalue weighted by Crippen LogP contribution is -2.47. The van der Waals surface area contributed by atoms with Gasteiger partial charge < -0.3 is 19.9 Å². The summed E-state index contributed by atoms with van der Waals surface area (Å²) in [5.41, 5.74) is 2.17. The van der Waals surface area contributed by atoms with Crippen LogP contribution in [0.3, 0.4) is 0 Å². The molecule has 29 heavy (non-hydrogen) atoms. The molecule has 1 fully saturated rings. The fourth-order valence-electron chi connectivity index (χ4n) is 3.48. The number of halogens is 1. The number of thioether (sulfide) groups is 1. The van der Waals surface area contributed by atoms with Crippen molar-refractivity contribution in [2.75, 3.05) is 56.0 Å². The monoisotopic (exact) mass is 419 g/mol. The van der Waals surface area contributed by atoms with Crippen molar-refractivity contribution in [3.8, 4) is 0 Å². The zero-order valence-electron chi connectivity index (χ0n) is 17.4. The number of hydrogen-bond acceptors (Lipinski definition) is 7. The van der Waals surface area contributed by atoms with Crippen molar-refractivity contribution in [1.82, 2.24) is 15.3 Å². The van der Waals surface area contributed by atoms with E-state index in [1.807, 2.05) is 24.6 Å². The standard InChI is InChI=1S/C21H30FN5OS/c1-4-18(15-28-2)23-13-16-14-24-21(29-3)25-20(16)27-11-9-26(10-12-27)19-7-5-17(22)6-8-19/h5-8,14,18,23H,4,9-13,15H2,1-3H3. The van der Waals surface area contributed by atoms with Gasteiger partial charge in [0.2, 0.25) is 0 Å². The molecule has 1 atom stereocenters. The Morgan fingerprint density at radius 2 is 1.86 bits per heavy atom. The van der Waals surface area contributed by atoms with Gasteiger partial charge in [-0.25, -0.2) is 14.4 Å². The van der Waals surface area contributed by atoms with Gasteiger partial charge >= 0.3 is 0 Å². The van der Waals surface area contributed by atoms with Crippen LogP contribution in [0.4, 0.5) is 15.9 Å². The molecule has 2 heterocycles. The first-order chi connectivity index (χ1) is 14.1. The molecule has 0 radical (unpaired) electrons. The third kappa shape index (κ3) is 5.81. The van der Waals surface area contributed by atoms with Crippen LogP contribution in [0.1, 0.15) is 18.9 Å². The van der Waals surface area contributed by atoms with Gasteiger partial charge in [-0.05, 0) is 36.9 Å². The number of piperazine rings is 1. The zero-order chi connectivity index (χ0) is 20.6. The van der Waals surface area contributed by atoms with Gasteiger partial charge in [0.15, 0.2) is 5.16 Å². The van der Waals surface area contributed by atoms with Crippen LogP contribution in [0, 0.1) is 5.82 Å². The predicted molar refractivity (Wildman–Crippen MR) is 117 cm³/mol.